The minimum absolute atomic E-state index is 0.0405. The fourth-order valence-corrected chi connectivity index (χ4v) is 0.591. The van der Waals surface area contributed by atoms with E-state index >= 15 is 0 Å². The first-order valence-electron chi connectivity index (χ1n) is 2.42. The number of rotatable bonds is 0. The minimum Gasteiger partial charge on any atom is -0.454 e. The third-order valence-electron chi connectivity index (χ3n) is 1.08. The first-order chi connectivity index (χ1) is 3.70. The molecule has 0 radical (unpaired) electrons. The Labute approximate surface area is 46.6 Å². The van der Waals surface area contributed by atoms with Crippen molar-refractivity contribution in [2.45, 2.75) is 19.4 Å². The summed E-state index contributed by atoms with van der Waals surface area (Å²) in [7, 11) is 0. The van der Waals surface area contributed by atoms with Gasteiger partial charge in [-0.1, -0.05) is 0 Å². The fourth-order valence-electron chi connectivity index (χ4n) is 0.591. The van der Waals surface area contributed by atoms with E-state index < -0.39 is 12.1 Å². The Bertz CT molecular complexity index is 139. The van der Waals surface area contributed by atoms with Crippen LogP contribution in [-0.2, 0) is 14.3 Å². The highest BCUT2D eigenvalue weighted by Gasteiger charge is 2.27. The first kappa shape index (κ1) is 5.28. The van der Waals surface area contributed by atoms with Crippen molar-refractivity contribution in [2.75, 3.05) is 0 Å². The molecular weight excluding hydrogens is 108 g/mol. The number of ether oxygens (including phenoxy) is 1. The summed E-state index contributed by atoms with van der Waals surface area (Å²) in [6, 6.07) is 0. The molecule has 1 aliphatic rings. The Kier molecular flexibility index (Phi) is 1.04. The maximum absolute atomic E-state index is 10.4. The van der Waals surface area contributed by atoms with E-state index in [4.69, 9.17) is 0 Å². The molecule has 3 heteroatoms. The summed E-state index contributed by atoms with van der Waals surface area (Å²) in [6.45, 7) is 1.58. The van der Waals surface area contributed by atoms with Gasteiger partial charge in [-0.2, -0.15) is 0 Å². The molecule has 0 aromatic rings. The molecule has 0 aliphatic carbocycles. The van der Waals surface area contributed by atoms with Gasteiger partial charge in [-0.25, -0.2) is 0 Å². The van der Waals surface area contributed by atoms with E-state index in [1.54, 1.807) is 6.92 Å². The topological polar surface area (TPSA) is 43.4 Å². The van der Waals surface area contributed by atoms with Crippen LogP contribution in [0.4, 0.5) is 0 Å². The molecule has 0 spiro atoms. The lowest BCUT2D eigenvalue weighted by Crippen LogP contribution is -2.08. The Morgan fingerprint density at radius 3 is 2.38 bits per heavy atom. The van der Waals surface area contributed by atoms with Crippen LogP contribution < -0.4 is 0 Å². The molecule has 1 atom stereocenters. The molecule has 3 nitrogen and oxygen atoms in total. The zero-order chi connectivity index (χ0) is 6.15. The lowest BCUT2D eigenvalue weighted by atomic mass is 10.2. The third-order valence-corrected chi connectivity index (χ3v) is 1.08. The van der Waals surface area contributed by atoms with Gasteiger partial charge in [-0.3, -0.25) is 9.59 Å². The van der Waals surface area contributed by atoms with Crippen LogP contribution in [0.25, 0.3) is 0 Å². The molecule has 0 saturated carbocycles. The molecule has 0 amide bonds. The standard InChI is InChI=1S/C5H6O3/c1-3-4(6)2-5(7)8-3/h3H,2H2,1H3. The minimum atomic E-state index is -0.498. The second-order valence-electron chi connectivity index (χ2n) is 1.78. The smallest absolute Gasteiger partial charge is 0.314 e. The summed E-state index contributed by atoms with van der Waals surface area (Å²) in [4.78, 5) is 20.7. The van der Waals surface area contributed by atoms with Gasteiger partial charge in [0.15, 0.2) is 11.9 Å². The van der Waals surface area contributed by atoms with Gasteiger partial charge in [-0.15, -0.1) is 0 Å². The number of carbonyl (C=O) groups is 2. The predicted molar refractivity (Wildman–Crippen MR) is 25.2 cm³/mol. The number of esters is 1. The van der Waals surface area contributed by atoms with Gasteiger partial charge in [0.05, 0.1) is 0 Å². The van der Waals surface area contributed by atoms with Crippen LogP contribution in [0, 0.1) is 0 Å². The number of ketones is 1. The Morgan fingerprint density at radius 1 is 1.62 bits per heavy atom. The molecule has 44 valence electrons. The van der Waals surface area contributed by atoms with Crippen LogP contribution >= 0.6 is 0 Å². The van der Waals surface area contributed by atoms with E-state index in [0.29, 0.717) is 0 Å². The van der Waals surface area contributed by atoms with E-state index in [1.807, 2.05) is 0 Å². The van der Waals surface area contributed by atoms with Crippen LogP contribution in [0.1, 0.15) is 13.3 Å². The monoisotopic (exact) mass is 114 g/mol. The van der Waals surface area contributed by atoms with Crippen LogP contribution in [0.15, 0.2) is 0 Å². The molecule has 1 saturated heterocycles. The van der Waals surface area contributed by atoms with Crippen molar-refractivity contribution in [2.24, 2.45) is 0 Å². The summed E-state index contributed by atoms with van der Waals surface area (Å²) in [5.41, 5.74) is 0. The van der Waals surface area contributed by atoms with Crippen molar-refractivity contribution in [3.63, 3.8) is 0 Å². The molecular formula is C5H6O3. The lowest BCUT2D eigenvalue weighted by molar-refractivity contribution is -0.141. The van der Waals surface area contributed by atoms with Crippen molar-refractivity contribution in [3.8, 4) is 0 Å². The average Bonchev–Trinajstić information content (AvgIpc) is 1.85. The van der Waals surface area contributed by atoms with Crippen molar-refractivity contribution in [3.05, 3.63) is 0 Å². The van der Waals surface area contributed by atoms with Crippen LogP contribution in [0.2, 0.25) is 0 Å². The Morgan fingerprint density at radius 2 is 2.25 bits per heavy atom. The van der Waals surface area contributed by atoms with E-state index in [0.717, 1.165) is 0 Å². The largest absolute Gasteiger partial charge is 0.454 e. The molecule has 1 fully saturated rings. The maximum Gasteiger partial charge on any atom is 0.314 e. The van der Waals surface area contributed by atoms with Crippen molar-refractivity contribution in [1.29, 1.82) is 0 Å². The lowest BCUT2D eigenvalue weighted by Gasteiger charge is -1.94. The number of Topliss-reactive ketones (excluding diaryl/α,β-unsaturated/α-hetero) is 1. The van der Waals surface area contributed by atoms with Gasteiger partial charge in [0, 0.05) is 0 Å². The summed E-state index contributed by atoms with van der Waals surface area (Å²) in [5, 5.41) is 0. The summed E-state index contributed by atoms with van der Waals surface area (Å²) in [5.74, 6) is -0.516. The highest BCUT2D eigenvalue weighted by Crippen LogP contribution is 2.07. The summed E-state index contributed by atoms with van der Waals surface area (Å²) >= 11 is 0. The van der Waals surface area contributed by atoms with E-state index in [2.05, 4.69) is 4.74 Å². The SMILES string of the molecule is CC1OC(=O)CC1=O. The Hall–Kier alpha value is -0.860. The zero-order valence-electron chi connectivity index (χ0n) is 4.51. The van der Waals surface area contributed by atoms with Gasteiger partial charge in [0.2, 0.25) is 0 Å². The number of hydrogen-bond acceptors (Lipinski definition) is 3. The van der Waals surface area contributed by atoms with Crippen molar-refractivity contribution < 1.29 is 14.3 Å². The summed E-state index contributed by atoms with van der Waals surface area (Å²) in [6.07, 6.45) is -0.538. The zero-order valence-corrected chi connectivity index (χ0v) is 4.51. The van der Waals surface area contributed by atoms with Gasteiger partial charge in [-0.05, 0) is 6.92 Å². The number of carbonyl (C=O) groups excluding carboxylic acids is 2. The second-order valence-corrected chi connectivity index (χ2v) is 1.78. The fraction of sp³-hybridized carbons (Fsp3) is 0.600. The highest BCUT2D eigenvalue weighted by molar-refractivity contribution is 6.03. The summed E-state index contributed by atoms with van der Waals surface area (Å²) < 4.78 is 4.48. The maximum atomic E-state index is 10.4. The molecule has 1 unspecified atom stereocenters. The van der Waals surface area contributed by atoms with Crippen molar-refractivity contribution >= 4 is 11.8 Å². The van der Waals surface area contributed by atoms with Crippen molar-refractivity contribution in [1.82, 2.24) is 0 Å². The number of cyclic esters (lactones) is 1. The predicted octanol–water partition coefficient (Wildman–Crippen LogP) is -0.109. The molecule has 8 heavy (non-hydrogen) atoms. The second kappa shape index (κ2) is 1.58. The van der Waals surface area contributed by atoms with Gasteiger partial charge >= 0.3 is 5.97 Å². The Balaban J connectivity index is 2.64. The van der Waals surface area contributed by atoms with E-state index in [9.17, 15) is 9.59 Å². The quantitative estimate of drug-likeness (QED) is 0.326. The van der Waals surface area contributed by atoms with Crippen LogP contribution in [-0.4, -0.2) is 17.9 Å². The third kappa shape index (κ3) is 0.710. The molecule has 1 rings (SSSR count). The molecule has 1 heterocycles. The molecule has 0 aromatic carbocycles. The molecule has 0 N–H and O–H groups in total. The average molecular weight is 114 g/mol. The molecule has 1 aliphatic heterocycles. The van der Waals surface area contributed by atoms with Gasteiger partial charge < -0.3 is 4.74 Å². The van der Waals surface area contributed by atoms with Crippen LogP contribution in [0.3, 0.4) is 0 Å². The van der Waals surface area contributed by atoms with Gasteiger partial charge in [0.1, 0.15) is 6.42 Å². The normalized spacial score (nSPS) is 28.4. The molecule has 0 bridgehead atoms. The van der Waals surface area contributed by atoms with Gasteiger partial charge in [0.25, 0.3) is 0 Å². The highest BCUT2D eigenvalue weighted by atomic mass is 16.6. The van der Waals surface area contributed by atoms with Crippen LogP contribution in [0.5, 0.6) is 0 Å². The van der Waals surface area contributed by atoms with E-state index in [-0.39, 0.29) is 12.2 Å². The first-order valence-corrected chi connectivity index (χ1v) is 2.42. The molecule has 0 aromatic heterocycles. The van der Waals surface area contributed by atoms with E-state index in [1.165, 1.54) is 0 Å². The number of hydrogen-bond donors (Lipinski definition) is 0.